The lowest BCUT2D eigenvalue weighted by Crippen LogP contribution is -2.36. The van der Waals surface area contributed by atoms with E-state index in [1.165, 1.54) is 6.92 Å². The second-order valence-corrected chi connectivity index (χ2v) is 6.42. The number of likely N-dealkylation sites (N-methyl/N-ethyl adjacent to an activating group) is 1. The van der Waals surface area contributed by atoms with Gasteiger partial charge in [-0.2, -0.15) is 0 Å². The molecule has 0 aliphatic carbocycles. The number of amides is 2. The summed E-state index contributed by atoms with van der Waals surface area (Å²) in [4.78, 5) is 25.6. The Kier molecular flexibility index (Phi) is 7.63. The lowest BCUT2D eigenvalue weighted by atomic mass is 10.1. The summed E-state index contributed by atoms with van der Waals surface area (Å²) >= 11 is 6.31. The maximum absolute atomic E-state index is 12.3. The third-order valence-corrected chi connectivity index (χ3v) is 4.31. The number of halogens is 1. The van der Waals surface area contributed by atoms with Gasteiger partial charge in [-0.3, -0.25) is 14.5 Å². The van der Waals surface area contributed by atoms with Crippen molar-refractivity contribution in [3.05, 3.63) is 64.7 Å². The Balaban J connectivity index is 1.98. The number of anilines is 1. The summed E-state index contributed by atoms with van der Waals surface area (Å²) in [5.41, 5.74) is 2.54. The molecule has 138 valence electrons. The van der Waals surface area contributed by atoms with Crippen molar-refractivity contribution in [1.82, 2.24) is 10.2 Å². The number of rotatable bonds is 8. The van der Waals surface area contributed by atoms with Crippen molar-refractivity contribution in [2.24, 2.45) is 0 Å². The molecule has 5 nitrogen and oxygen atoms in total. The maximum atomic E-state index is 12.3. The minimum absolute atomic E-state index is 0.0520. The smallest absolute Gasteiger partial charge is 0.234 e. The van der Waals surface area contributed by atoms with Crippen LogP contribution in [0.1, 0.15) is 25.0 Å². The van der Waals surface area contributed by atoms with E-state index in [-0.39, 0.29) is 18.4 Å². The van der Waals surface area contributed by atoms with Crippen LogP contribution in [-0.4, -0.2) is 29.8 Å². The largest absolute Gasteiger partial charge is 0.351 e. The Morgan fingerprint density at radius 1 is 1.08 bits per heavy atom. The number of carbonyl (C=O) groups is 2. The van der Waals surface area contributed by atoms with Crippen molar-refractivity contribution >= 4 is 29.1 Å². The molecule has 2 N–H and O–H groups in total. The van der Waals surface area contributed by atoms with Gasteiger partial charge >= 0.3 is 0 Å². The summed E-state index contributed by atoms with van der Waals surface area (Å²) in [6, 6.07) is 15.2. The van der Waals surface area contributed by atoms with Gasteiger partial charge in [-0.15, -0.1) is 0 Å². The van der Waals surface area contributed by atoms with E-state index in [0.29, 0.717) is 30.3 Å². The quantitative estimate of drug-likeness (QED) is 0.745. The normalized spacial score (nSPS) is 10.6. The van der Waals surface area contributed by atoms with Gasteiger partial charge in [-0.1, -0.05) is 54.9 Å². The van der Waals surface area contributed by atoms with Gasteiger partial charge < -0.3 is 10.6 Å². The number of nitrogens with one attached hydrogen (secondary N) is 2. The van der Waals surface area contributed by atoms with Crippen molar-refractivity contribution in [2.45, 2.75) is 26.9 Å². The summed E-state index contributed by atoms with van der Waals surface area (Å²) in [6.07, 6.45) is 0. The number of nitrogens with zero attached hydrogens (tertiary/aromatic N) is 1. The minimum Gasteiger partial charge on any atom is -0.351 e. The first-order chi connectivity index (χ1) is 12.5. The highest BCUT2D eigenvalue weighted by Gasteiger charge is 2.15. The van der Waals surface area contributed by atoms with Crippen LogP contribution < -0.4 is 10.6 Å². The first-order valence-electron chi connectivity index (χ1n) is 8.57. The number of hydrogen-bond donors (Lipinski definition) is 2. The molecule has 0 aliphatic heterocycles. The predicted molar refractivity (Wildman–Crippen MR) is 105 cm³/mol. The van der Waals surface area contributed by atoms with Gasteiger partial charge in [0.1, 0.15) is 0 Å². The van der Waals surface area contributed by atoms with Crippen LogP contribution in [0.25, 0.3) is 0 Å². The standard InChI is InChI=1S/C20H24ClN3O2/c1-3-24(14-20(26)22-12-16-8-5-4-6-9-16)13-17-18(21)10-7-11-19(17)23-15(2)25/h4-11H,3,12-14H2,1-2H3,(H,22,26)(H,23,25). The Morgan fingerprint density at radius 3 is 2.46 bits per heavy atom. The molecule has 0 aliphatic rings. The van der Waals surface area contributed by atoms with E-state index in [1.54, 1.807) is 12.1 Å². The average Bonchev–Trinajstić information content (AvgIpc) is 2.62. The lowest BCUT2D eigenvalue weighted by Gasteiger charge is -2.22. The first-order valence-corrected chi connectivity index (χ1v) is 8.95. The van der Waals surface area contributed by atoms with Gasteiger partial charge in [0.05, 0.1) is 6.54 Å². The highest BCUT2D eigenvalue weighted by atomic mass is 35.5. The van der Waals surface area contributed by atoms with Crippen LogP contribution in [0.4, 0.5) is 5.69 Å². The molecule has 0 unspecified atom stereocenters. The molecule has 2 aromatic rings. The number of carbonyl (C=O) groups excluding carboxylic acids is 2. The van der Waals surface area contributed by atoms with Gasteiger partial charge in [0.15, 0.2) is 0 Å². The van der Waals surface area contributed by atoms with Crippen LogP contribution in [0.5, 0.6) is 0 Å². The molecule has 0 spiro atoms. The number of hydrogen-bond acceptors (Lipinski definition) is 3. The number of benzene rings is 2. The molecular weight excluding hydrogens is 350 g/mol. The highest BCUT2D eigenvalue weighted by Crippen LogP contribution is 2.26. The third kappa shape index (κ3) is 6.17. The van der Waals surface area contributed by atoms with Crippen LogP contribution in [0.3, 0.4) is 0 Å². The predicted octanol–water partition coefficient (Wildman–Crippen LogP) is 3.44. The second kappa shape index (κ2) is 9.94. The maximum Gasteiger partial charge on any atom is 0.234 e. The van der Waals surface area contributed by atoms with E-state index in [9.17, 15) is 9.59 Å². The van der Waals surface area contributed by atoms with Gasteiger partial charge in [0.25, 0.3) is 0 Å². The molecule has 0 atom stereocenters. The highest BCUT2D eigenvalue weighted by molar-refractivity contribution is 6.31. The van der Waals surface area contributed by atoms with E-state index in [2.05, 4.69) is 10.6 Å². The van der Waals surface area contributed by atoms with E-state index in [1.807, 2.05) is 48.2 Å². The van der Waals surface area contributed by atoms with Gasteiger partial charge in [0.2, 0.25) is 11.8 Å². The second-order valence-electron chi connectivity index (χ2n) is 6.01. The molecule has 0 saturated heterocycles. The SMILES string of the molecule is CCN(CC(=O)NCc1ccccc1)Cc1c(Cl)cccc1NC(C)=O. The molecule has 26 heavy (non-hydrogen) atoms. The fraction of sp³-hybridized carbons (Fsp3) is 0.300. The monoisotopic (exact) mass is 373 g/mol. The zero-order chi connectivity index (χ0) is 18.9. The zero-order valence-electron chi connectivity index (χ0n) is 15.1. The van der Waals surface area contributed by atoms with E-state index in [4.69, 9.17) is 11.6 Å². The van der Waals surface area contributed by atoms with Crippen LogP contribution in [0.2, 0.25) is 5.02 Å². The molecule has 0 bridgehead atoms. The van der Waals surface area contributed by atoms with Crippen LogP contribution in [0, 0.1) is 0 Å². The van der Waals surface area contributed by atoms with Crippen molar-refractivity contribution in [3.63, 3.8) is 0 Å². The van der Waals surface area contributed by atoms with Crippen LogP contribution in [-0.2, 0) is 22.7 Å². The Bertz CT molecular complexity index is 750. The zero-order valence-corrected chi connectivity index (χ0v) is 15.8. The Hall–Kier alpha value is -2.37. The fourth-order valence-corrected chi connectivity index (χ4v) is 2.82. The summed E-state index contributed by atoms with van der Waals surface area (Å²) in [7, 11) is 0. The Morgan fingerprint density at radius 2 is 1.81 bits per heavy atom. The van der Waals surface area contributed by atoms with Gasteiger partial charge in [-0.05, 0) is 24.2 Å². The molecule has 2 amide bonds. The molecular formula is C20H24ClN3O2. The van der Waals surface area contributed by atoms with Crippen molar-refractivity contribution < 1.29 is 9.59 Å². The molecule has 2 rings (SSSR count). The molecule has 0 radical (unpaired) electrons. The van der Waals surface area contributed by atoms with Crippen LogP contribution >= 0.6 is 11.6 Å². The molecule has 0 heterocycles. The van der Waals surface area contributed by atoms with E-state index >= 15 is 0 Å². The summed E-state index contributed by atoms with van der Waals surface area (Å²) in [5, 5.41) is 6.29. The molecule has 0 saturated carbocycles. The minimum atomic E-state index is -0.155. The van der Waals surface area contributed by atoms with E-state index < -0.39 is 0 Å². The average molecular weight is 374 g/mol. The summed E-state index contributed by atoms with van der Waals surface area (Å²) in [6.45, 7) is 5.36. The fourth-order valence-electron chi connectivity index (χ4n) is 2.58. The molecule has 0 fully saturated rings. The summed E-state index contributed by atoms with van der Waals surface area (Å²) in [5.74, 6) is -0.207. The van der Waals surface area contributed by atoms with Crippen molar-refractivity contribution in [3.8, 4) is 0 Å². The van der Waals surface area contributed by atoms with E-state index in [0.717, 1.165) is 11.1 Å². The molecule has 0 aromatic heterocycles. The van der Waals surface area contributed by atoms with Gasteiger partial charge in [-0.25, -0.2) is 0 Å². The third-order valence-electron chi connectivity index (χ3n) is 3.96. The molecule has 6 heteroatoms. The topological polar surface area (TPSA) is 61.4 Å². The summed E-state index contributed by atoms with van der Waals surface area (Å²) < 4.78 is 0. The Labute approximate surface area is 159 Å². The van der Waals surface area contributed by atoms with Crippen molar-refractivity contribution in [1.29, 1.82) is 0 Å². The van der Waals surface area contributed by atoms with Crippen LogP contribution in [0.15, 0.2) is 48.5 Å². The van der Waals surface area contributed by atoms with Crippen molar-refractivity contribution in [2.75, 3.05) is 18.4 Å². The molecule has 2 aromatic carbocycles. The van der Waals surface area contributed by atoms with Gasteiger partial charge in [0, 0.05) is 36.3 Å². The lowest BCUT2D eigenvalue weighted by molar-refractivity contribution is -0.122. The first kappa shape index (κ1) is 19.9.